The molecular formula is C35H56O9. The van der Waals surface area contributed by atoms with Gasteiger partial charge in [-0.15, -0.1) is 0 Å². The van der Waals surface area contributed by atoms with Crippen molar-refractivity contribution in [2.75, 3.05) is 0 Å². The highest BCUT2D eigenvalue weighted by Gasteiger charge is 2.69. The van der Waals surface area contributed by atoms with Gasteiger partial charge in [0.25, 0.3) is 0 Å². The van der Waals surface area contributed by atoms with Gasteiger partial charge in [0, 0.05) is 36.5 Å². The Labute approximate surface area is 263 Å². The number of hydrogen-bond donors (Lipinski definition) is 1. The van der Waals surface area contributed by atoms with Crippen molar-refractivity contribution in [3.05, 3.63) is 11.6 Å². The Morgan fingerprint density at radius 1 is 0.909 bits per heavy atom. The Kier molecular flexibility index (Phi) is 11.8. The molecule has 1 N–H and O–H groups in total. The summed E-state index contributed by atoms with van der Waals surface area (Å²) in [4.78, 5) is 51.8. The lowest BCUT2D eigenvalue weighted by molar-refractivity contribution is -0.216. The minimum Gasteiger partial charge on any atom is -0.462 e. The number of carbonyl (C=O) groups is 4. The summed E-state index contributed by atoms with van der Waals surface area (Å²) in [7, 11) is 0. The highest BCUT2D eigenvalue weighted by Crippen LogP contribution is 2.67. The third-order valence-corrected chi connectivity index (χ3v) is 10.7. The Morgan fingerprint density at radius 2 is 1.50 bits per heavy atom. The largest absolute Gasteiger partial charge is 0.462 e. The number of ether oxygens (including phenoxy) is 4. The van der Waals surface area contributed by atoms with Crippen LogP contribution < -0.4 is 0 Å². The summed E-state index contributed by atoms with van der Waals surface area (Å²) in [5, 5.41) is 11.6. The van der Waals surface area contributed by atoms with Crippen LogP contribution in [0.1, 0.15) is 114 Å². The van der Waals surface area contributed by atoms with Gasteiger partial charge in [-0.2, -0.15) is 0 Å². The summed E-state index contributed by atoms with van der Waals surface area (Å²) >= 11 is 0. The summed E-state index contributed by atoms with van der Waals surface area (Å²) in [6.45, 7) is 19.0. The second kappa shape index (κ2) is 14.3. The van der Waals surface area contributed by atoms with Gasteiger partial charge in [0.2, 0.25) is 0 Å². The normalized spacial score (nSPS) is 37.1. The Morgan fingerprint density at radius 3 is 2.02 bits per heavy atom. The molecule has 0 amide bonds. The van der Waals surface area contributed by atoms with Crippen molar-refractivity contribution in [3.8, 4) is 0 Å². The van der Waals surface area contributed by atoms with Gasteiger partial charge in [-0.05, 0) is 62.4 Å². The van der Waals surface area contributed by atoms with E-state index in [1.165, 1.54) is 6.92 Å². The van der Waals surface area contributed by atoms with E-state index in [2.05, 4.69) is 26.8 Å². The smallest absolute Gasteiger partial charge is 0.308 e. The molecule has 0 heterocycles. The van der Waals surface area contributed by atoms with Crippen molar-refractivity contribution < 1.29 is 43.2 Å². The van der Waals surface area contributed by atoms with E-state index in [0.717, 1.165) is 0 Å². The molecule has 2 saturated carbocycles. The number of rotatable bonds is 11. The van der Waals surface area contributed by atoms with Crippen molar-refractivity contribution in [3.63, 3.8) is 0 Å². The molecule has 0 aliphatic heterocycles. The van der Waals surface area contributed by atoms with E-state index in [-0.39, 0.29) is 47.9 Å². The first-order chi connectivity index (χ1) is 20.5. The molecule has 3 rings (SSSR count). The van der Waals surface area contributed by atoms with E-state index in [1.807, 2.05) is 41.5 Å². The molecule has 3 aliphatic carbocycles. The van der Waals surface area contributed by atoms with Gasteiger partial charge in [-0.25, -0.2) is 0 Å². The molecule has 44 heavy (non-hydrogen) atoms. The number of allylic oxidation sites excluding steroid dienone is 1. The summed E-state index contributed by atoms with van der Waals surface area (Å²) in [5.41, 5.74) is -0.865. The van der Waals surface area contributed by atoms with Crippen LogP contribution in [0.5, 0.6) is 0 Å². The highest BCUT2D eigenvalue weighted by atomic mass is 16.6. The van der Waals surface area contributed by atoms with Crippen molar-refractivity contribution in [2.24, 2.45) is 40.4 Å². The van der Waals surface area contributed by atoms with E-state index >= 15 is 0 Å². The van der Waals surface area contributed by atoms with Crippen molar-refractivity contribution >= 4 is 23.9 Å². The maximum atomic E-state index is 13.4. The third kappa shape index (κ3) is 7.02. The van der Waals surface area contributed by atoms with Gasteiger partial charge in [0.15, 0.2) is 6.10 Å². The van der Waals surface area contributed by atoms with E-state index < -0.39 is 53.3 Å². The van der Waals surface area contributed by atoms with E-state index in [4.69, 9.17) is 18.9 Å². The lowest BCUT2D eigenvalue weighted by atomic mass is 9.49. The summed E-state index contributed by atoms with van der Waals surface area (Å²) in [6.07, 6.45) is 0.884. The molecule has 0 bridgehead atoms. The molecule has 0 aromatic heterocycles. The average molecular weight is 621 g/mol. The zero-order chi connectivity index (χ0) is 33.1. The van der Waals surface area contributed by atoms with E-state index in [1.54, 1.807) is 0 Å². The summed E-state index contributed by atoms with van der Waals surface area (Å²) in [6, 6.07) is 0. The maximum absolute atomic E-state index is 13.4. The molecule has 3 aliphatic rings. The SMILES string of the molecule is CCCC(=O)OC1CC2(C)C(OC(=O)C(C)CC)CC3(C)C(C=C(C)C(O)C(OC(C)=O)C3OC(=O)CCC)C2C1C(C)C. The minimum atomic E-state index is -1.20. The van der Waals surface area contributed by atoms with Gasteiger partial charge in [0.05, 0.1) is 5.92 Å². The van der Waals surface area contributed by atoms with Crippen LogP contribution in [-0.4, -0.2) is 59.5 Å². The molecule has 250 valence electrons. The zero-order valence-corrected chi connectivity index (χ0v) is 28.5. The van der Waals surface area contributed by atoms with Crippen LogP contribution in [0.4, 0.5) is 0 Å². The van der Waals surface area contributed by atoms with Gasteiger partial charge in [0.1, 0.15) is 24.4 Å². The predicted molar refractivity (Wildman–Crippen MR) is 165 cm³/mol. The summed E-state index contributed by atoms with van der Waals surface area (Å²) < 4.78 is 24.6. The lowest BCUT2D eigenvalue weighted by Gasteiger charge is -2.57. The number of fused-ring (bicyclic) bond motifs is 3. The van der Waals surface area contributed by atoms with Crippen LogP contribution in [0.3, 0.4) is 0 Å². The molecular weight excluding hydrogens is 564 g/mol. The Hall–Kier alpha value is -2.42. The van der Waals surface area contributed by atoms with Crippen LogP contribution in [-0.2, 0) is 38.1 Å². The molecule has 0 aromatic rings. The summed E-state index contributed by atoms with van der Waals surface area (Å²) in [5.74, 6) is -2.34. The number of carbonyl (C=O) groups excluding carboxylic acids is 4. The molecule has 11 atom stereocenters. The van der Waals surface area contributed by atoms with Crippen molar-refractivity contribution in [1.29, 1.82) is 0 Å². The molecule has 11 unspecified atom stereocenters. The van der Waals surface area contributed by atoms with Gasteiger partial charge in [-0.1, -0.05) is 61.5 Å². The molecule has 0 saturated heterocycles. The first-order valence-corrected chi connectivity index (χ1v) is 16.7. The molecule has 2 fully saturated rings. The van der Waals surface area contributed by atoms with Gasteiger partial charge < -0.3 is 24.1 Å². The molecule has 9 heteroatoms. The molecule has 0 radical (unpaired) electrons. The number of aliphatic hydroxyl groups excluding tert-OH is 1. The highest BCUT2D eigenvalue weighted by molar-refractivity contribution is 5.72. The van der Waals surface area contributed by atoms with Crippen LogP contribution in [0.2, 0.25) is 0 Å². The van der Waals surface area contributed by atoms with Crippen LogP contribution in [0.15, 0.2) is 11.6 Å². The quantitative estimate of drug-likeness (QED) is 0.170. The maximum Gasteiger partial charge on any atom is 0.308 e. The minimum absolute atomic E-state index is 0.0989. The van der Waals surface area contributed by atoms with Crippen molar-refractivity contribution in [1.82, 2.24) is 0 Å². The Bertz CT molecular complexity index is 1100. The fourth-order valence-corrected chi connectivity index (χ4v) is 8.25. The standard InChI is InChI=1S/C35H56O9/c1-11-14-26(37)42-24-17-35(10)25(43-33(40)20(6)13-3)18-34(9)23(29(35)28(24)19(4)5)16-21(7)30(39)31(41-22(8)36)32(34)44-27(38)15-12-2/h16,19-20,23-25,28-32,39H,11-15,17-18H2,1-10H3. The fraction of sp³-hybridized carbons (Fsp3) is 0.829. The lowest BCUT2D eigenvalue weighted by Crippen LogP contribution is -2.61. The van der Waals surface area contributed by atoms with Gasteiger partial charge in [-0.3, -0.25) is 19.2 Å². The zero-order valence-electron chi connectivity index (χ0n) is 28.5. The van der Waals surface area contributed by atoms with Gasteiger partial charge >= 0.3 is 23.9 Å². The monoisotopic (exact) mass is 620 g/mol. The molecule has 9 nitrogen and oxygen atoms in total. The van der Waals surface area contributed by atoms with Crippen molar-refractivity contribution in [2.45, 2.75) is 145 Å². The first-order valence-electron chi connectivity index (χ1n) is 16.7. The second-order valence-corrected chi connectivity index (χ2v) is 14.4. The van der Waals surface area contributed by atoms with E-state index in [9.17, 15) is 24.3 Å². The van der Waals surface area contributed by atoms with Crippen LogP contribution in [0, 0.1) is 40.4 Å². The fourth-order valence-electron chi connectivity index (χ4n) is 8.25. The topological polar surface area (TPSA) is 125 Å². The predicted octanol–water partition coefficient (Wildman–Crippen LogP) is 5.95. The molecule has 0 aromatic carbocycles. The second-order valence-electron chi connectivity index (χ2n) is 14.4. The number of aliphatic hydroxyl groups is 1. The Balaban J connectivity index is 2.28. The molecule has 0 spiro atoms. The van der Waals surface area contributed by atoms with E-state index in [0.29, 0.717) is 44.1 Å². The third-order valence-electron chi connectivity index (χ3n) is 10.7. The first kappa shape index (κ1) is 36.1. The number of esters is 4. The number of hydrogen-bond acceptors (Lipinski definition) is 9. The van der Waals surface area contributed by atoms with Crippen LogP contribution >= 0.6 is 0 Å². The van der Waals surface area contributed by atoms with Crippen LogP contribution in [0.25, 0.3) is 0 Å². The average Bonchev–Trinajstić information content (AvgIpc) is 3.21.